The van der Waals surface area contributed by atoms with Crippen LogP contribution in [-0.2, 0) is 4.79 Å². The molecule has 1 saturated heterocycles. The number of carbonyl (C=O) groups excluding carboxylic acids is 2. The Morgan fingerprint density at radius 1 is 1.22 bits per heavy atom. The molecule has 3 rings (SSSR count). The Kier molecular flexibility index (Phi) is 5.76. The Balaban J connectivity index is 1.98. The zero-order valence-corrected chi connectivity index (χ0v) is 17.0. The van der Waals surface area contributed by atoms with Crippen molar-refractivity contribution < 1.29 is 24.2 Å². The normalized spacial score (nSPS) is 15.5. The van der Waals surface area contributed by atoms with Crippen molar-refractivity contribution in [1.29, 1.82) is 0 Å². The van der Waals surface area contributed by atoms with Crippen molar-refractivity contribution in [1.82, 2.24) is 0 Å². The van der Waals surface area contributed by atoms with Crippen LogP contribution in [0.4, 0.5) is 10.5 Å². The number of para-hydroxylation sites is 2. The predicted octanol–water partition coefficient (Wildman–Crippen LogP) is 4.80. The number of phenols is 1. The lowest BCUT2D eigenvalue weighted by atomic mass is 10.1. The van der Waals surface area contributed by atoms with E-state index in [4.69, 9.17) is 9.47 Å². The van der Waals surface area contributed by atoms with Crippen LogP contribution in [0.3, 0.4) is 0 Å². The molecule has 0 bridgehead atoms. The van der Waals surface area contributed by atoms with Crippen LogP contribution >= 0.6 is 27.7 Å². The Morgan fingerprint density at radius 3 is 2.67 bits per heavy atom. The molecule has 0 aromatic heterocycles. The second-order valence-electron chi connectivity index (χ2n) is 5.47. The van der Waals surface area contributed by atoms with Gasteiger partial charge < -0.3 is 14.6 Å². The van der Waals surface area contributed by atoms with Gasteiger partial charge in [0, 0.05) is 0 Å². The fraction of sp³-hybridized carbons (Fsp3) is 0.158. The number of hydrogen-bond donors (Lipinski definition) is 1. The van der Waals surface area contributed by atoms with Crippen LogP contribution in [0.1, 0.15) is 12.5 Å². The topological polar surface area (TPSA) is 76.1 Å². The third-order valence-electron chi connectivity index (χ3n) is 3.77. The molecule has 140 valence electrons. The van der Waals surface area contributed by atoms with Crippen molar-refractivity contribution in [3.63, 3.8) is 0 Å². The minimum Gasteiger partial charge on any atom is -0.503 e. The number of nitrogens with zero attached hydrogens (tertiary/aromatic N) is 1. The molecule has 1 heterocycles. The summed E-state index contributed by atoms with van der Waals surface area (Å²) in [5.74, 6) is 0.280. The zero-order chi connectivity index (χ0) is 19.6. The van der Waals surface area contributed by atoms with E-state index < -0.39 is 11.1 Å². The van der Waals surface area contributed by atoms with Gasteiger partial charge >= 0.3 is 0 Å². The van der Waals surface area contributed by atoms with Crippen LogP contribution in [0.25, 0.3) is 6.08 Å². The number of imide groups is 1. The van der Waals surface area contributed by atoms with Gasteiger partial charge in [0.05, 0.1) is 28.8 Å². The molecule has 0 saturated carbocycles. The Labute approximate surface area is 168 Å². The van der Waals surface area contributed by atoms with E-state index >= 15 is 0 Å². The summed E-state index contributed by atoms with van der Waals surface area (Å²) in [7, 11) is 1.48. The molecule has 8 heteroatoms. The predicted molar refractivity (Wildman–Crippen MR) is 108 cm³/mol. The molecular weight excluding hydrogens is 434 g/mol. The standard InChI is InChI=1S/C19H16BrNO5S/c1-3-26-15-9-11(8-12(20)17(15)22)10-16-18(23)21(19(24)27-16)13-6-4-5-7-14(13)25-2/h4-10,22H,3H2,1-2H3/b16-10-. The maximum absolute atomic E-state index is 12.8. The summed E-state index contributed by atoms with van der Waals surface area (Å²) in [4.78, 5) is 26.6. The Morgan fingerprint density at radius 2 is 1.96 bits per heavy atom. The van der Waals surface area contributed by atoms with Crippen molar-refractivity contribution in [2.24, 2.45) is 0 Å². The number of amides is 2. The van der Waals surface area contributed by atoms with Gasteiger partial charge in [0.1, 0.15) is 5.75 Å². The monoisotopic (exact) mass is 449 g/mol. The minimum atomic E-state index is -0.434. The number of rotatable bonds is 5. The van der Waals surface area contributed by atoms with Gasteiger partial charge in [-0.2, -0.15) is 0 Å². The maximum atomic E-state index is 12.8. The molecule has 1 aliphatic heterocycles. The van der Waals surface area contributed by atoms with Gasteiger partial charge in [-0.05, 0) is 70.5 Å². The number of thioether (sulfide) groups is 1. The average molecular weight is 450 g/mol. The highest BCUT2D eigenvalue weighted by molar-refractivity contribution is 9.10. The molecule has 27 heavy (non-hydrogen) atoms. The number of carbonyl (C=O) groups is 2. The van der Waals surface area contributed by atoms with Crippen LogP contribution in [0, 0.1) is 0 Å². The summed E-state index contributed by atoms with van der Waals surface area (Å²) in [6.07, 6.45) is 1.59. The molecule has 2 amide bonds. The summed E-state index contributed by atoms with van der Waals surface area (Å²) in [5.41, 5.74) is 1.02. The van der Waals surface area contributed by atoms with Crippen molar-refractivity contribution in [2.45, 2.75) is 6.92 Å². The van der Waals surface area contributed by atoms with E-state index in [1.54, 1.807) is 49.4 Å². The summed E-state index contributed by atoms with van der Waals surface area (Å²) >= 11 is 4.11. The quantitative estimate of drug-likeness (QED) is 0.660. The summed E-state index contributed by atoms with van der Waals surface area (Å²) in [6.45, 7) is 2.19. The molecule has 6 nitrogen and oxygen atoms in total. The Bertz CT molecular complexity index is 944. The fourth-order valence-electron chi connectivity index (χ4n) is 2.58. The number of ether oxygens (including phenoxy) is 2. The Hall–Kier alpha value is -2.45. The van der Waals surface area contributed by atoms with Crippen LogP contribution in [0.15, 0.2) is 45.8 Å². The van der Waals surface area contributed by atoms with Gasteiger partial charge in [-0.1, -0.05) is 12.1 Å². The number of methoxy groups -OCH3 is 1. The highest BCUT2D eigenvalue weighted by atomic mass is 79.9. The summed E-state index contributed by atoms with van der Waals surface area (Å²) in [5, 5.41) is 9.61. The van der Waals surface area contributed by atoms with E-state index in [-0.39, 0.29) is 10.7 Å². The van der Waals surface area contributed by atoms with E-state index in [1.807, 2.05) is 0 Å². The van der Waals surface area contributed by atoms with Crippen LogP contribution in [0.5, 0.6) is 17.2 Å². The van der Waals surface area contributed by atoms with Gasteiger partial charge in [0.25, 0.3) is 11.1 Å². The van der Waals surface area contributed by atoms with E-state index in [2.05, 4.69) is 15.9 Å². The summed E-state index contributed by atoms with van der Waals surface area (Å²) in [6, 6.07) is 10.1. The number of aromatic hydroxyl groups is 1. The van der Waals surface area contributed by atoms with Crippen LogP contribution in [0.2, 0.25) is 0 Å². The van der Waals surface area contributed by atoms with Crippen LogP contribution in [-0.4, -0.2) is 30.0 Å². The zero-order valence-electron chi connectivity index (χ0n) is 14.6. The highest BCUT2D eigenvalue weighted by Gasteiger charge is 2.37. The van der Waals surface area contributed by atoms with Gasteiger partial charge in [-0.3, -0.25) is 9.59 Å². The molecule has 0 aliphatic carbocycles. The molecule has 2 aromatic rings. The number of hydrogen-bond acceptors (Lipinski definition) is 6. The van der Waals surface area contributed by atoms with Gasteiger partial charge in [0.15, 0.2) is 11.5 Å². The van der Waals surface area contributed by atoms with Gasteiger partial charge in [-0.15, -0.1) is 0 Å². The lowest BCUT2D eigenvalue weighted by Crippen LogP contribution is -2.28. The SMILES string of the molecule is CCOc1cc(/C=C2\SC(=O)N(c3ccccc3OC)C2=O)cc(Br)c1O. The number of phenolic OH excluding ortho intramolecular Hbond substituents is 1. The van der Waals surface area contributed by atoms with Crippen molar-refractivity contribution in [3.05, 3.63) is 51.3 Å². The molecule has 1 aliphatic rings. The number of benzene rings is 2. The minimum absolute atomic E-state index is 0.0175. The van der Waals surface area contributed by atoms with Gasteiger partial charge in [-0.25, -0.2) is 4.90 Å². The molecule has 0 unspecified atom stereocenters. The van der Waals surface area contributed by atoms with E-state index in [0.29, 0.717) is 33.8 Å². The van der Waals surface area contributed by atoms with E-state index in [9.17, 15) is 14.7 Å². The first-order chi connectivity index (χ1) is 13.0. The largest absolute Gasteiger partial charge is 0.503 e. The molecule has 2 aromatic carbocycles. The maximum Gasteiger partial charge on any atom is 0.298 e. The summed E-state index contributed by atoms with van der Waals surface area (Å²) < 4.78 is 11.1. The number of halogens is 1. The molecule has 1 fully saturated rings. The second-order valence-corrected chi connectivity index (χ2v) is 7.32. The molecule has 0 atom stereocenters. The first kappa shape index (κ1) is 19.3. The second kappa shape index (κ2) is 8.06. The molecular formula is C19H16BrNO5S. The lowest BCUT2D eigenvalue weighted by Gasteiger charge is -2.15. The fourth-order valence-corrected chi connectivity index (χ4v) is 3.88. The first-order valence-electron chi connectivity index (χ1n) is 8.02. The van der Waals surface area contributed by atoms with Crippen LogP contribution < -0.4 is 14.4 Å². The average Bonchev–Trinajstić information content (AvgIpc) is 2.92. The van der Waals surface area contributed by atoms with Crippen molar-refractivity contribution in [2.75, 3.05) is 18.6 Å². The number of anilines is 1. The lowest BCUT2D eigenvalue weighted by molar-refractivity contribution is -0.113. The first-order valence-corrected chi connectivity index (χ1v) is 9.63. The van der Waals surface area contributed by atoms with E-state index in [1.165, 1.54) is 7.11 Å². The smallest absolute Gasteiger partial charge is 0.298 e. The molecule has 1 N–H and O–H groups in total. The van der Waals surface area contributed by atoms with Gasteiger partial charge in [0.2, 0.25) is 0 Å². The van der Waals surface area contributed by atoms with Crippen molar-refractivity contribution in [3.8, 4) is 17.2 Å². The van der Waals surface area contributed by atoms with E-state index in [0.717, 1.165) is 16.7 Å². The van der Waals surface area contributed by atoms with Crippen molar-refractivity contribution >= 4 is 50.6 Å². The molecule has 0 radical (unpaired) electrons. The highest BCUT2D eigenvalue weighted by Crippen LogP contribution is 2.41. The molecule has 0 spiro atoms. The third kappa shape index (κ3) is 3.81. The third-order valence-corrected chi connectivity index (χ3v) is 5.24.